The number of aromatic amines is 1. The summed E-state index contributed by atoms with van der Waals surface area (Å²) in [6.07, 6.45) is 9.64. The molecule has 5 rings (SSSR count). The zero-order valence-corrected chi connectivity index (χ0v) is 12.8. The smallest absolute Gasteiger partial charge is 0.149 e. The predicted molar refractivity (Wildman–Crippen MR) is 81.4 cm³/mol. The summed E-state index contributed by atoms with van der Waals surface area (Å²) in [6.45, 7) is 4.56. The number of anilines is 1. The molecule has 0 aliphatic heterocycles. The van der Waals surface area contributed by atoms with Gasteiger partial charge >= 0.3 is 0 Å². The van der Waals surface area contributed by atoms with Gasteiger partial charge in [0.05, 0.1) is 0 Å². The van der Waals surface area contributed by atoms with Crippen molar-refractivity contribution in [1.82, 2.24) is 10.2 Å². The second kappa shape index (κ2) is 4.25. The molecule has 0 amide bonds. The number of nitrogens with zero attached hydrogens (tertiary/aromatic N) is 1. The monoisotopic (exact) mass is 273 g/mol. The Morgan fingerprint density at radius 2 is 1.70 bits per heavy atom. The fourth-order valence-electron chi connectivity index (χ4n) is 5.96. The van der Waals surface area contributed by atoms with Crippen LogP contribution in [0.4, 0.5) is 5.82 Å². The van der Waals surface area contributed by atoms with Gasteiger partial charge < -0.3 is 5.73 Å². The van der Waals surface area contributed by atoms with Crippen LogP contribution in [-0.2, 0) is 11.8 Å². The van der Waals surface area contributed by atoms with Crippen molar-refractivity contribution in [3.05, 3.63) is 11.3 Å². The van der Waals surface area contributed by atoms with E-state index in [1.165, 1.54) is 49.8 Å². The summed E-state index contributed by atoms with van der Waals surface area (Å²) in [5.41, 5.74) is 9.42. The number of nitrogens with one attached hydrogen (secondary N) is 1. The number of nitrogen functional groups attached to an aromatic ring is 1. The molecule has 4 saturated carbocycles. The maximum Gasteiger partial charge on any atom is 0.149 e. The van der Waals surface area contributed by atoms with Crippen LogP contribution >= 0.6 is 0 Å². The van der Waals surface area contributed by atoms with Gasteiger partial charge in [-0.25, -0.2) is 0 Å². The van der Waals surface area contributed by atoms with Gasteiger partial charge in [-0.1, -0.05) is 13.8 Å². The van der Waals surface area contributed by atoms with Gasteiger partial charge in [-0.05, 0) is 68.6 Å². The van der Waals surface area contributed by atoms with Crippen LogP contribution in [-0.4, -0.2) is 10.2 Å². The quantitative estimate of drug-likeness (QED) is 0.883. The van der Waals surface area contributed by atoms with Gasteiger partial charge in [-0.2, -0.15) is 5.10 Å². The molecule has 20 heavy (non-hydrogen) atoms. The van der Waals surface area contributed by atoms with Crippen molar-refractivity contribution < 1.29 is 0 Å². The molecule has 4 fully saturated rings. The molecule has 3 heteroatoms. The van der Waals surface area contributed by atoms with Crippen molar-refractivity contribution in [3.63, 3.8) is 0 Å². The minimum Gasteiger partial charge on any atom is -0.382 e. The van der Waals surface area contributed by atoms with Gasteiger partial charge in [0.1, 0.15) is 5.82 Å². The Kier molecular flexibility index (Phi) is 2.71. The highest BCUT2D eigenvalue weighted by Crippen LogP contribution is 2.61. The second-order valence-corrected chi connectivity index (χ2v) is 8.26. The molecule has 4 aliphatic carbocycles. The Morgan fingerprint density at radius 1 is 1.15 bits per heavy atom. The fraction of sp³-hybridized carbons (Fsp3) is 0.824. The third-order valence-corrected chi connectivity index (χ3v) is 6.05. The van der Waals surface area contributed by atoms with Crippen molar-refractivity contribution in [2.75, 3.05) is 5.73 Å². The Morgan fingerprint density at radius 3 is 2.20 bits per heavy atom. The molecule has 1 aromatic heterocycles. The van der Waals surface area contributed by atoms with Gasteiger partial charge in [0, 0.05) is 16.7 Å². The van der Waals surface area contributed by atoms with Crippen LogP contribution in [0.15, 0.2) is 0 Å². The summed E-state index contributed by atoms with van der Waals surface area (Å²) in [5, 5.41) is 7.63. The predicted octanol–water partition coefficient (Wildman–Crippen LogP) is 3.66. The molecule has 0 radical (unpaired) electrons. The van der Waals surface area contributed by atoms with Crippen molar-refractivity contribution in [2.45, 2.75) is 64.2 Å². The molecular formula is C17H27N3. The van der Waals surface area contributed by atoms with Crippen molar-refractivity contribution in [3.8, 4) is 0 Å². The molecule has 0 saturated heterocycles. The first-order valence-corrected chi connectivity index (χ1v) is 8.39. The number of hydrogen-bond donors (Lipinski definition) is 2. The lowest BCUT2D eigenvalue weighted by molar-refractivity contribution is -0.00526. The molecule has 4 aliphatic rings. The van der Waals surface area contributed by atoms with Crippen LogP contribution in [0, 0.1) is 23.7 Å². The third-order valence-electron chi connectivity index (χ3n) is 6.05. The van der Waals surface area contributed by atoms with Gasteiger partial charge in [-0.3, -0.25) is 5.10 Å². The second-order valence-electron chi connectivity index (χ2n) is 8.26. The van der Waals surface area contributed by atoms with E-state index in [-0.39, 0.29) is 0 Å². The normalized spacial score (nSPS) is 38.9. The Bertz CT molecular complexity index is 479. The van der Waals surface area contributed by atoms with Crippen LogP contribution in [0.25, 0.3) is 0 Å². The number of aromatic nitrogens is 2. The molecule has 4 bridgehead atoms. The van der Waals surface area contributed by atoms with Crippen LogP contribution in [0.3, 0.4) is 0 Å². The van der Waals surface area contributed by atoms with Gasteiger partial charge in [-0.15, -0.1) is 0 Å². The zero-order valence-electron chi connectivity index (χ0n) is 12.8. The molecule has 1 heterocycles. The molecule has 0 atom stereocenters. The van der Waals surface area contributed by atoms with E-state index in [9.17, 15) is 0 Å². The Hall–Kier alpha value is -0.990. The third kappa shape index (κ3) is 1.82. The first kappa shape index (κ1) is 12.7. The summed E-state index contributed by atoms with van der Waals surface area (Å²) in [4.78, 5) is 0. The largest absolute Gasteiger partial charge is 0.382 e. The van der Waals surface area contributed by atoms with E-state index in [1.54, 1.807) is 0 Å². The van der Waals surface area contributed by atoms with Crippen LogP contribution in [0.5, 0.6) is 0 Å². The Balaban J connectivity index is 1.75. The number of H-pyrrole nitrogens is 1. The van der Waals surface area contributed by atoms with Crippen LogP contribution < -0.4 is 5.73 Å². The molecule has 1 aromatic rings. The van der Waals surface area contributed by atoms with Crippen LogP contribution in [0.2, 0.25) is 0 Å². The highest BCUT2D eigenvalue weighted by Gasteiger charge is 2.53. The molecule has 3 nitrogen and oxygen atoms in total. The van der Waals surface area contributed by atoms with Gasteiger partial charge in [0.25, 0.3) is 0 Å². The molecule has 3 N–H and O–H groups in total. The SMILES string of the molecule is CC(C)Cc1[nH]nc(N)c1C12CC3CC(CC(C3)C1)C2. The summed E-state index contributed by atoms with van der Waals surface area (Å²) < 4.78 is 0. The van der Waals surface area contributed by atoms with E-state index in [1.807, 2.05) is 0 Å². The minimum absolute atomic E-state index is 0.371. The number of rotatable bonds is 3. The maximum atomic E-state index is 6.30. The first-order valence-electron chi connectivity index (χ1n) is 8.39. The van der Waals surface area contributed by atoms with Crippen molar-refractivity contribution >= 4 is 5.82 Å². The highest BCUT2D eigenvalue weighted by atomic mass is 15.2. The fourth-order valence-corrected chi connectivity index (χ4v) is 5.96. The van der Waals surface area contributed by atoms with Gasteiger partial charge in [0.2, 0.25) is 0 Å². The lowest BCUT2D eigenvalue weighted by atomic mass is 9.48. The summed E-state index contributed by atoms with van der Waals surface area (Å²) in [5.74, 6) is 4.33. The molecule has 110 valence electrons. The van der Waals surface area contributed by atoms with E-state index in [0.717, 1.165) is 30.0 Å². The summed E-state index contributed by atoms with van der Waals surface area (Å²) >= 11 is 0. The molecule has 0 aromatic carbocycles. The lowest BCUT2D eigenvalue weighted by Crippen LogP contribution is -2.49. The maximum absolute atomic E-state index is 6.30. The molecular weight excluding hydrogens is 246 g/mol. The van der Waals surface area contributed by atoms with E-state index in [4.69, 9.17) is 5.73 Å². The van der Waals surface area contributed by atoms with Crippen LogP contribution in [0.1, 0.15) is 63.6 Å². The summed E-state index contributed by atoms with van der Waals surface area (Å²) in [6, 6.07) is 0. The van der Waals surface area contributed by atoms with E-state index in [0.29, 0.717) is 11.3 Å². The lowest BCUT2D eigenvalue weighted by Gasteiger charge is -2.57. The highest BCUT2D eigenvalue weighted by molar-refractivity contribution is 5.49. The first-order chi connectivity index (χ1) is 9.56. The van der Waals surface area contributed by atoms with Crippen molar-refractivity contribution in [2.24, 2.45) is 23.7 Å². The van der Waals surface area contributed by atoms with E-state index >= 15 is 0 Å². The molecule has 0 spiro atoms. The minimum atomic E-state index is 0.371. The number of hydrogen-bond acceptors (Lipinski definition) is 2. The van der Waals surface area contributed by atoms with Gasteiger partial charge in [0.15, 0.2) is 0 Å². The average Bonchev–Trinajstić information content (AvgIpc) is 2.68. The molecule has 0 unspecified atom stereocenters. The topological polar surface area (TPSA) is 54.7 Å². The Labute approximate surface area is 121 Å². The average molecular weight is 273 g/mol. The zero-order chi connectivity index (χ0) is 13.9. The van der Waals surface area contributed by atoms with E-state index in [2.05, 4.69) is 24.0 Å². The van der Waals surface area contributed by atoms with E-state index < -0.39 is 0 Å². The number of nitrogens with two attached hydrogens (primary N) is 1. The summed E-state index contributed by atoms with van der Waals surface area (Å²) in [7, 11) is 0. The standard InChI is InChI=1S/C17H27N3/c1-10(2)3-14-15(16(18)20-19-14)17-7-11-4-12(8-17)6-13(5-11)9-17/h10-13H,3-9H2,1-2H3,(H3,18,19,20). The van der Waals surface area contributed by atoms with Crippen molar-refractivity contribution in [1.29, 1.82) is 0 Å².